The first-order chi connectivity index (χ1) is 9.74. The normalized spacial score (nSPS) is 10.5. The van der Waals surface area contributed by atoms with E-state index < -0.39 is 0 Å². The summed E-state index contributed by atoms with van der Waals surface area (Å²) in [6.07, 6.45) is 3.75. The maximum atomic E-state index is 10.3. The van der Waals surface area contributed by atoms with Crippen molar-refractivity contribution in [2.75, 3.05) is 0 Å². The van der Waals surface area contributed by atoms with Gasteiger partial charge in [-0.05, 0) is 48.2 Å². The lowest BCUT2D eigenvalue weighted by Gasteiger charge is -2.13. The Balaban J connectivity index is 2.32. The SMILES string of the molecule is CCCc1cc(Oc2ccccc2)cc(CCC)c1O. The highest BCUT2D eigenvalue weighted by Crippen LogP contribution is 2.32. The predicted molar refractivity (Wildman–Crippen MR) is 82.6 cm³/mol. The minimum atomic E-state index is 0.439. The number of aromatic hydroxyl groups is 1. The second-order valence-corrected chi connectivity index (χ2v) is 5.01. The van der Waals surface area contributed by atoms with Gasteiger partial charge in [0.15, 0.2) is 0 Å². The van der Waals surface area contributed by atoms with Gasteiger partial charge in [-0.2, -0.15) is 0 Å². The minimum Gasteiger partial charge on any atom is -0.507 e. The second-order valence-electron chi connectivity index (χ2n) is 5.01. The van der Waals surface area contributed by atoms with Crippen LogP contribution in [0.5, 0.6) is 17.2 Å². The van der Waals surface area contributed by atoms with Crippen molar-refractivity contribution in [2.45, 2.75) is 39.5 Å². The molecule has 2 nitrogen and oxygen atoms in total. The zero-order valence-electron chi connectivity index (χ0n) is 12.2. The molecule has 0 amide bonds. The Labute approximate surface area is 121 Å². The first kappa shape index (κ1) is 14.4. The van der Waals surface area contributed by atoms with Gasteiger partial charge in [-0.15, -0.1) is 0 Å². The van der Waals surface area contributed by atoms with Gasteiger partial charge in [0.2, 0.25) is 0 Å². The summed E-state index contributed by atoms with van der Waals surface area (Å²) in [7, 11) is 0. The van der Waals surface area contributed by atoms with Crippen LogP contribution in [-0.2, 0) is 12.8 Å². The molecule has 0 aliphatic heterocycles. The summed E-state index contributed by atoms with van der Waals surface area (Å²) in [5, 5.41) is 10.3. The molecule has 1 N–H and O–H groups in total. The fourth-order valence-corrected chi connectivity index (χ4v) is 2.33. The van der Waals surface area contributed by atoms with Gasteiger partial charge >= 0.3 is 0 Å². The number of benzene rings is 2. The third-order valence-corrected chi connectivity index (χ3v) is 3.26. The first-order valence-electron chi connectivity index (χ1n) is 7.32. The summed E-state index contributed by atoms with van der Waals surface area (Å²) >= 11 is 0. The number of phenolic OH excluding ortho intramolecular Hbond substituents is 1. The largest absolute Gasteiger partial charge is 0.507 e. The van der Waals surface area contributed by atoms with Gasteiger partial charge < -0.3 is 9.84 Å². The molecule has 2 rings (SSSR count). The molecule has 0 spiro atoms. The summed E-state index contributed by atoms with van der Waals surface area (Å²) in [5.74, 6) is 2.07. The number of hydrogen-bond donors (Lipinski definition) is 1. The molecule has 20 heavy (non-hydrogen) atoms. The quantitative estimate of drug-likeness (QED) is 0.792. The van der Waals surface area contributed by atoms with Crippen molar-refractivity contribution in [2.24, 2.45) is 0 Å². The van der Waals surface area contributed by atoms with Crippen LogP contribution in [0.25, 0.3) is 0 Å². The summed E-state index contributed by atoms with van der Waals surface area (Å²) in [5.41, 5.74) is 1.95. The van der Waals surface area contributed by atoms with E-state index in [2.05, 4.69) is 13.8 Å². The molecule has 0 aliphatic rings. The van der Waals surface area contributed by atoms with Crippen molar-refractivity contribution in [3.8, 4) is 17.2 Å². The smallest absolute Gasteiger partial charge is 0.128 e. The highest BCUT2D eigenvalue weighted by atomic mass is 16.5. The van der Waals surface area contributed by atoms with E-state index in [0.29, 0.717) is 5.75 Å². The molecule has 0 atom stereocenters. The Morgan fingerprint density at radius 3 is 1.90 bits per heavy atom. The lowest BCUT2D eigenvalue weighted by molar-refractivity contribution is 0.450. The molecular weight excluding hydrogens is 248 g/mol. The predicted octanol–water partition coefficient (Wildman–Crippen LogP) is 5.09. The average Bonchev–Trinajstić information content (AvgIpc) is 2.45. The van der Waals surface area contributed by atoms with E-state index >= 15 is 0 Å². The van der Waals surface area contributed by atoms with E-state index in [1.165, 1.54) is 0 Å². The minimum absolute atomic E-state index is 0.439. The Kier molecular flexibility index (Phi) is 5.05. The van der Waals surface area contributed by atoms with Crippen molar-refractivity contribution in [1.29, 1.82) is 0 Å². The average molecular weight is 270 g/mol. The molecule has 0 radical (unpaired) electrons. The van der Waals surface area contributed by atoms with Gasteiger partial charge in [-0.3, -0.25) is 0 Å². The number of para-hydroxylation sites is 1. The Morgan fingerprint density at radius 1 is 0.850 bits per heavy atom. The molecule has 0 aliphatic carbocycles. The molecular formula is C18H22O2. The van der Waals surface area contributed by atoms with Crippen LogP contribution in [-0.4, -0.2) is 5.11 Å². The van der Waals surface area contributed by atoms with Gasteiger partial charge in [0, 0.05) is 0 Å². The van der Waals surface area contributed by atoms with E-state index in [0.717, 1.165) is 48.3 Å². The van der Waals surface area contributed by atoms with Crippen molar-refractivity contribution < 1.29 is 9.84 Å². The van der Waals surface area contributed by atoms with Crippen LogP contribution in [0.1, 0.15) is 37.8 Å². The van der Waals surface area contributed by atoms with E-state index in [-0.39, 0.29) is 0 Å². The zero-order chi connectivity index (χ0) is 14.4. The Morgan fingerprint density at radius 2 is 1.40 bits per heavy atom. The van der Waals surface area contributed by atoms with Gasteiger partial charge in [0.25, 0.3) is 0 Å². The second kappa shape index (κ2) is 6.99. The maximum Gasteiger partial charge on any atom is 0.128 e. The van der Waals surface area contributed by atoms with E-state index in [4.69, 9.17) is 4.74 Å². The molecule has 106 valence electrons. The van der Waals surface area contributed by atoms with Crippen LogP contribution >= 0.6 is 0 Å². The third kappa shape index (κ3) is 3.53. The van der Waals surface area contributed by atoms with Crippen LogP contribution in [0.4, 0.5) is 0 Å². The molecule has 0 unspecified atom stereocenters. The fraction of sp³-hybridized carbons (Fsp3) is 0.333. The lowest BCUT2D eigenvalue weighted by Crippen LogP contribution is -1.94. The van der Waals surface area contributed by atoms with Crippen LogP contribution in [0.15, 0.2) is 42.5 Å². The van der Waals surface area contributed by atoms with Gasteiger partial charge in [-0.1, -0.05) is 44.9 Å². The standard InChI is InChI=1S/C18H22O2/c1-3-8-14-12-17(13-15(9-4-2)18(14)19)20-16-10-6-5-7-11-16/h5-7,10-13,19H,3-4,8-9H2,1-2H3. The van der Waals surface area contributed by atoms with E-state index in [1.807, 2.05) is 42.5 Å². The molecule has 0 fully saturated rings. The van der Waals surface area contributed by atoms with E-state index in [1.54, 1.807) is 0 Å². The number of aryl methyl sites for hydroxylation is 2. The third-order valence-electron chi connectivity index (χ3n) is 3.26. The highest BCUT2D eigenvalue weighted by molar-refractivity contribution is 5.47. The maximum absolute atomic E-state index is 10.3. The molecule has 2 aromatic carbocycles. The van der Waals surface area contributed by atoms with Crippen LogP contribution in [0, 0.1) is 0 Å². The Hall–Kier alpha value is -1.96. The van der Waals surface area contributed by atoms with Crippen molar-refractivity contribution in [3.63, 3.8) is 0 Å². The van der Waals surface area contributed by atoms with Gasteiger partial charge in [0.1, 0.15) is 17.2 Å². The lowest BCUT2D eigenvalue weighted by atomic mass is 10.0. The fourth-order valence-electron chi connectivity index (χ4n) is 2.33. The summed E-state index contributed by atoms with van der Waals surface area (Å²) in [4.78, 5) is 0. The number of phenols is 1. The molecule has 0 saturated carbocycles. The monoisotopic (exact) mass is 270 g/mol. The number of rotatable bonds is 6. The van der Waals surface area contributed by atoms with Gasteiger partial charge in [-0.25, -0.2) is 0 Å². The summed E-state index contributed by atoms with van der Waals surface area (Å²) in [6.45, 7) is 4.23. The number of ether oxygens (including phenoxy) is 1. The van der Waals surface area contributed by atoms with Crippen LogP contribution < -0.4 is 4.74 Å². The molecule has 0 bridgehead atoms. The molecule has 0 saturated heterocycles. The van der Waals surface area contributed by atoms with Gasteiger partial charge in [0.05, 0.1) is 0 Å². The molecule has 2 heteroatoms. The van der Waals surface area contributed by atoms with Crippen molar-refractivity contribution >= 4 is 0 Å². The van der Waals surface area contributed by atoms with E-state index in [9.17, 15) is 5.11 Å². The zero-order valence-corrected chi connectivity index (χ0v) is 12.2. The van der Waals surface area contributed by atoms with Crippen LogP contribution in [0.2, 0.25) is 0 Å². The molecule has 2 aromatic rings. The van der Waals surface area contributed by atoms with Crippen molar-refractivity contribution in [3.05, 3.63) is 53.6 Å². The number of hydrogen-bond acceptors (Lipinski definition) is 2. The highest BCUT2D eigenvalue weighted by Gasteiger charge is 2.10. The van der Waals surface area contributed by atoms with Crippen molar-refractivity contribution in [1.82, 2.24) is 0 Å². The summed E-state index contributed by atoms with van der Waals surface area (Å²) < 4.78 is 5.90. The molecule has 0 aromatic heterocycles. The van der Waals surface area contributed by atoms with Crippen LogP contribution in [0.3, 0.4) is 0 Å². The first-order valence-corrected chi connectivity index (χ1v) is 7.32. The molecule has 0 heterocycles. The Bertz CT molecular complexity index is 520. The summed E-state index contributed by atoms with van der Waals surface area (Å²) in [6, 6.07) is 13.6. The topological polar surface area (TPSA) is 29.5 Å².